The molecule has 0 atom stereocenters. The Morgan fingerprint density at radius 3 is 3.00 bits per heavy atom. The smallest absolute Gasteiger partial charge is 0.303 e. The SMILES string of the molecule is O=C(O)CCC/C=C\CN1NCCCC1=O. The number of carbonyl (C=O) groups is 2. The largest absolute Gasteiger partial charge is 0.481 e. The highest BCUT2D eigenvalue weighted by molar-refractivity contribution is 5.76. The van der Waals surface area contributed by atoms with Crippen molar-refractivity contribution in [1.82, 2.24) is 10.4 Å². The summed E-state index contributed by atoms with van der Waals surface area (Å²) in [6.07, 6.45) is 6.93. The summed E-state index contributed by atoms with van der Waals surface area (Å²) in [6.45, 7) is 1.41. The monoisotopic (exact) mass is 226 g/mol. The molecule has 1 amide bonds. The van der Waals surface area contributed by atoms with Crippen molar-refractivity contribution in [1.29, 1.82) is 0 Å². The number of carboxylic acid groups (broad SMARTS) is 1. The molecule has 0 radical (unpaired) electrons. The van der Waals surface area contributed by atoms with Gasteiger partial charge in [0.2, 0.25) is 5.91 Å². The van der Waals surface area contributed by atoms with Gasteiger partial charge in [-0.25, -0.2) is 5.43 Å². The molecule has 1 aliphatic rings. The van der Waals surface area contributed by atoms with Gasteiger partial charge in [0.25, 0.3) is 0 Å². The molecule has 5 nitrogen and oxygen atoms in total. The fourth-order valence-electron chi connectivity index (χ4n) is 1.51. The first kappa shape index (κ1) is 12.7. The number of allylic oxidation sites excluding steroid dienone is 1. The highest BCUT2D eigenvalue weighted by Gasteiger charge is 2.15. The molecule has 1 fully saturated rings. The quantitative estimate of drug-likeness (QED) is 0.522. The van der Waals surface area contributed by atoms with E-state index in [4.69, 9.17) is 5.11 Å². The molecule has 0 aromatic rings. The van der Waals surface area contributed by atoms with Gasteiger partial charge in [-0.2, -0.15) is 0 Å². The lowest BCUT2D eigenvalue weighted by atomic mass is 10.2. The summed E-state index contributed by atoms with van der Waals surface area (Å²) in [6, 6.07) is 0. The van der Waals surface area contributed by atoms with E-state index in [-0.39, 0.29) is 12.3 Å². The molecule has 0 aliphatic carbocycles. The number of hydrogen-bond acceptors (Lipinski definition) is 3. The van der Waals surface area contributed by atoms with Crippen LogP contribution in [0.5, 0.6) is 0 Å². The molecule has 0 saturated carbocycles. The number of aliphatic carboxylic acids is 1. The van der Waals surface area contributed by atoms with Crippen LogP contribution in [0.15, 0.2) is 12.2 Å². The Bertz CT molecular complexity index is 276. The number of nitrogens with one attached hydrogen (secondary N) is 1. The lowest BCUT2D eigenvalue weighted by Crippen LogP contribution is -2.47. The zero-order chi connectivity index (χ0) is 11.8. The van der Waals surface area contributed by atoms with Crippen molar-refractivity contribution in [3.05, 3.63) is 12.2 Å². The van der Waals surface area contributed by atoms with Crippen LogP contribution in [-0.2, 0) is 9.59 Å². The molecule has 0 aromatic carbocycles. The van der Waals surface area contributed by atoms with E-state index in [1.54, 1.807) is 5.01 Å². The van der Waals surface area contributed by atoms with E-state index >= 15 is 0 Å². The molecule has 1 aliphatic heterocycles. The Kier molecular flexibility index (Phi) is 5.56. The molecule has 5 heteroatoms. The summed E-state index contributed by atoms with van der Waals surface area (Å²) in [7, 11) is 0. The number of carbonyl (C=O) groups excluding carboxylic acids is 1. The van der Waals surface area contributed by atoms with Crippen LogP contribution < -0.4 is 5.43 Å². The number of hydrazine groups is 1. The van der Waals surface area contributed by atoms with E-state index in [2.05, 4.69) is 5.43 Å². The minimum absolute atomic E-state index is 0.126. The number of rotatable bonds is 6. The maximum Gasteiger partial charge on any atom is 0.303 e. The van der Waals surface area contributed by atoms with E-state index in [0.29, 0.717) is 19.4 Å². The van der Waals surface area contributed by atoms with Crippen molar-refractivity contribution in [2.24, 2.45) is 0 Å². The lowest BCUT2D eigenvalue weighted by Gasteiger charge is -2.26. The van der Waals surface area contributed by atoms with Gasteiger partial charge in [0.05, 0.1) is 6.54 Å². The molecule has 1 rings (SSSR count). The second-order valence-corrected chi connectivity index (χ2v) is 3.77. The van der Waals surface area contributed by atoms with E-state index in [1.807, 2.05) is 12.2 Å². The first-order chi connectivity index (χ1) is 7.70. The average molecular weight is 226 g/mol. The van der Waals surface area contributed by atoms with Gasteiger partial charge in [-0.1, -0.05) is 12.2 Å². The van der Waals surface area contributed by atoms with Gasteiger partial charge >= 0.3 is 5.97 Å². The summed E-state index contributed by atoms with van der Waals surface area (Å²) in [4.78, 5) is 21.6. The first-order valence-corrected chi connectivity index (χ1v) is 5.61. The normalized spacial score (nSPS) is 17.0. The summed E-state index contributed by atoms with van der Waals surface area (Å²) >= 11 is 0. The molecule has 90 valence electrons. The molecule has 1 heterocycles. The fraction of sp³-hybridized carbons (Fsp3) is 0.636. The highest BCUT2D eigenvalue weighted by Crippen LogP contribution is 2.02. The fourth-order valence-corrected chi connectivity index (χ4v) is 1.51. The van der Waals surface area contributed by atoms with Gasteiger partial charge in [0.15, 0.2) is 0 Å². The van der Waals surface area contributed by atoms with Crippen LogP contribution in [0.1, 0.15) is 32.1 Å². The predicted molar refractivity (Wildman–Crippen MR) is 59.6 cm³/mol. The van der Waals surface area contributed by atoms with Gasteiger partial charge in [-0.15, -0.1) is 0 Å². The molecule has 0 aromatic heterocycles. The van der Waals surface area contributed by atoms with Crippen LogP contribution in [0.3, 0.4) is 0 Å². The third-order valence-electron chi connectivity index (χ3n) is 2.39. The molecule has 0 bridgehead atoms. The molecular formula is C11H18N2O3. The Morgan fingerprint density at radius 2 is 2.31 bits per heavy atom. The van der Waals surface area contributed by atoms with Crippen molar-refractivity contribution in [3.63, 3.8) is 0 Å². The van der Waals surface area contributed by atoms with Crippen LogP contribution in [0.25, 0.3) is 0 Å². The third-order valence-corrected chi connectivity index (χ3v) is 2.39. The Balaban J connectivity index is 2.10. The van der Waals surface area contributed by atoms with E-state index in [9.17, 15) is 9.59 Å². The van der Waals surface area contributed by atoms with Crippen molar-refractivity contribution >= 4 is 11.9 Å². The molecule has 0 spiro atoms. The van der Waals surface area contributed by atoms with Gasteiger partial charge in [0.1, 0.15) is 0 Å². The summed E-state index contributed by atoms with van der Waals surface area (Å²) in [5.74, 6) is -0.636. The number of hydrogen-bond donors (Lipinski definition) is 2. The van der Waals surface area contributed by atoms with Crippen LogP contribution in [0.2, 0.25) is 0 Å². The summed E-state index contributed by atoms with van der Waals surface area (Å²) < 4.78 is 0. The first-order valence-electron chi connectivity index (χ1n) is 5.61. The second kappa shape index (κ2) is 7.00. The molecule has 0 unspecified atom stereocenters. The molecular weight excluding hydrogens is 208 g/mol. The maximum absolute atomic E-state index is 11.4. The standard InChI is InChI=1S/C11H18N2O3/c14-10-6-5-8-12-13(10)9-4-2-1-3-7-11(15)16/h2,4,12H,1,3,5-9H2,(H,15,16)/b4-2-. The van der Waals surface area contributed by atoms with Gasteiger partial charge in [-0.3, -0.25) is 14.6 Å². The van der Waals surface area contributed by atoms with Crippen molar-refractivity contribution < 1.29 is 14.7 Å². The van der Waals surface area contributed by atoms with E-state index in [1.165, 1.54) is 0 Å². The number of carboxylic acids is 1. The summed E-state index contributed by atoms with van der Waals surface area (Å²) in [5, 5.41) is 10.0. The maximum atomic E-state index is 11.4. The number of unbranched alkanes of at least 4 members (excludes halogenated alkanes) is 1. The minimum Gasteiger partial charge on any atom is -0.481 e. The topological polar surface area (TPSA) is 69.6 Å². The van der Waals surface area contributed by atoms with Gasteiger partial charge in [-0.05, 0) is 19.3 Å². The Labute approximate surface area is 95.1 Å². The van der Waals surface area contributed by atoms with Crippen LogP contribution in [0.4, 0.5) is 0 Å². The average Bonchev–Trinajstić information content (AvgIpc) is 2.25. The van der Waals surface area contributed by atoms with Crippen LogP contribution in [0, 0.1) is 0 Å². The molecule has 16 heavy (non-hydrogen) atoms. The van der Waals surface area contributed by atoms with Crippen molar-refractivity contribution in [2.75, 3.05) is 13.1 Å². The zero-order valence-electron chi connectivity index (χ0n) is 9.32. The molecule has 1 saturated heterocycles. The van der Waals surface area contributed by atoms with Crippen molar-refractivity contribution in [2.45, 2.75) is 32.1 Å². The van der Waals surface area contributed by atoms with Gasteiger partial charge in [0, 0.05) is 19.4 Å². The zero-order valence-corrected chi connectivity index (χ0v) is 9.32. The van der Waals surface area contributed by atoms with E-state index < -0.39 is 5.97 Å². The minimum atomic E-state index is -0.763. The van der Waals surface area contributed by atoms with Crippen molar-refractivity contribution in [3.8, 4) is 0 Å². The third kappa shape index (κ3) is 4.93. The lowest BCUT2D eigenvalue weighted by molar-refractivity contribution is -0.137. The number of nitrogens with zero attached hydrogens (tertiary/aromatic N) is 1. The van der Waals surface area contributed by atoms with Gasteiger partial charge < -0.3 is 5.11 Å². The molecule has 2 N–H and O–H groups in total. The second-order valence-electron chi connectivity index (χ2n) is 3.77. The predicted octanol–water partition coefficient (Wildman–Crippen LogP) is 0.924. The Hall–Kier alpha value is -1.36. The van der Waals surface area contributed by atoms with E-state index in [0.717, 1.165) is 19.4 Å². The summed E-state index contributed by atoms with van der Waals surface area (Å²) in [5.41, 5.74) is 3.02. The van der Waals surface area contributed by atoms with Crippen LogP contribution >= 0.6 is 0 Å². The number of amides is 1. The highest BCUT2D eigenvalue weighted by atomic mass is 16.4. The Morgan fingerprint density at radius 1 is 1.50 bits per heavy atom. The van der Waals surface area contributed by atoms with Crippen LogP contribution in [-0.4, -0.2) is 35.1 Å².